The Kier molecular flexibility index (Phi) is 5.66. The van der Waals surface area contributed by atoms with E-state index in [1.54, 1.807) is 0 Å². The molecule has 0 aliphatic heterocycles. The summed E-state index contributed by atoms with van der Waals surface area (Å²) in [5.74, 6) is 0. The lowest BCUT2D eigenvalue weighted by atomic mass is 10.5. The maximum absolute atomic E-state index is 5.16. The third-order valence-corrected chi connectivity index (χ3v) is 1.31. The van der Waals surface area contributed by atoms with Gasteiger partial charge in [-0.1, -0.05) is 26.5 Å². The Morgan fingerprint density at radius 3 is 2.50 bits per heavy atom. The molecule has 1 unspecified atom stereocenters. The number of hydrogen-bond acceptors (Lipinski definition) is 1. The molecular formula is C6H13OS. The van der Waals surface area contributed by atoms with Crippen molar-refractivity contribution in [3.8, 4) is 0 Å². The minimum absolute atomic E-state index is 0.0370. The summed E-state index contributed by atoms with van der Waals surface area (Å²) in [4.78, 5) is 0. The largest absolute Gasteiger partial charge is 0.367 e. The van der Waals surface area contributed by atoms with Gasteiger partial charge in [-0.15, -0.1) is 0 Å². The van der Waals surface area contributed by atoms with Crippen molar-refractivity contribution < 1.29 is 4.74 Å². The summed E-state index contributed by atoms with van der Waals surface area (Å²) in [7, 11) is 0. The first-order valence-electron chi connectivity index (χ1n) is 3.08. The molecule has 0 N–H and O–H groups in total. The molecule has 0 spiro atoms. The molecule has 1 radical (unpaired) electrons. The van der Waals surface area contributed by atoms with Crippen molar-refractivity contribution in [3.63, 3.8) is 0 Å². The van der Waals surface area contributed by atoms with Crippen molar-refractivity contribution in [1.82, 2.24) is 0 Å². The zero-order valence-corrected chi connectivity index (χ0v) is 6.33. The third-order valence-electron chi connectivity index (χ3n) is 0.841. The van der Waals surface area contributed by atoms with Crippen LogP contribution in [0.15, 0.2) is 0 Å². The topological polar surface area (TPSA) is 9.23 Å². The van der Waals surface area contributed by atoms with E-state index >= 15 is 0 Å². The van der Waals surface area contributed by atoms with Crippen LogP contribution in [0.2, 0.25) is 0 Å². The Morgan fingerprint density at radius 2 is 2.12 bits per heavy atom. The molecule has 0 bridgehead atoms. The van der Waals surface area contributed by atoms with E-state index in [4.69, 9.17) is 17.4 Å². The molecule has 0 saturated carbocycles. The highest BCUT2D eigenvalue weighted by Gasteiger charge is 1.96. The summed E-state index contributed by atoms with van der Waals surface area (Å²) >= 11 is 4.88. The molecule has 0 fully saturated rings. The molecule has 2 heteroatoms. The van der Waals surface area contributed by atoms with Crippen LogP contribution < -0.4 is 0 Å². The highest BCUT2D eigenvalue weighted by Crippen LogP contribution is 2.01. The van der Waals surface area contributed by atoms with E-state index < -0.39 is 0 Å². The van der Waals surface area contributed by atoms with Gasteiger partial charge in [-0.2, -0.15) is 0 Å². The smallest absolute Gasteiger partial charge is 0.113 e. The molecule has 0 saturated heterocycles. The molecule has 0 aliphatic rings. The summed E-state index contributed by atoms with van der Waals surface area (Å²) in [6.07, 6.45) is 2.00. The van der Waals surface area contributed by atoms with E-state index in [-0.39, 0.29) is 5.44 Å². The lowest BCUT2D eigenvalue weighted by Crippen LogP contribution is -2.03. The quantitative estimate of drug-likeness (QED) is 0.572. The monoisotopic (exact) mass is 133 g/mol. The van der Waals surface area contributed by atoms with Gasteiger partial charge in [0, 0.05) is 6.61 Å². The zero-order valence-electron chi connectivity index (χ0n) is 5.52. The maximum Gasteiger partial charge on any atom is 0.113 e. The average molecular weight is 133 g/mol. The van der Waals surface area contributed by atoms with Gasteiger partial charge in [0.1, 0.15) is 5.44 Å². The van der Waals surface area contributed by atoms with Gasteiger partial charge in [0.2, 0.25) is 0 Å². The van der Waals surface area contributed by atoms with Gasteiger partial charge in [-0.3, -0.25) is 0 Å². The fourth-order valence-electron chi connectivity index (χ4n) is 0.367. The summed E-state index contributed by atoms with van der Waals surface area (Å²) in [6, 6.07) is 0. The Balaban J connectivity index is 2.86. The SMILES string of the molecule is CCCOC([S])CC. The van der Waals surface area contributed by atoms with Crippen molar-refractivity contribution >= 4 is 12.6 Å². The second kappa shape index (κ2) is 5.45. The Labute approximate surface area is 56.8 Å². The third kappa shape index (κ3) is 4.47. The Bertz CT molecular complexity index is 47.8. The molecule has 49 valence electrons. The minimum atomic E-state index is 0.0370. The van der Waals surface area contributed by atoms with E-state index in [1.807, 2.05) is 6.92 Å². The molecule has 1 atom stereocenters. The van der Waals surface area contributed by atoms with Gasteiger partial charge in [0.25, 0.3) is 0 Å². The van der Waals surface area contributed by atoms with E-state index in [1.165, 1.54) is 0 Å². The van der Waals surface area contributed by atoms with Gasteiger partial charge >= 0.3 is 0 Å². The van der Waals surface area contributed by atoms with Crippen LogP contribution in [0.5, 0.6) is 0 Å². The van der Waals surface area contributed by atoms with Gasteiger partial charge in [0.05, 0.1) is 0 Å². The Hall–Kier alpha value is 0.310. The number of ether oxygens (including phenoxy) is 1. The van der Waals surface area contributed by atoms with Crippen molar-refractivity contribution in [2.24, 2.45) is 0 Å². The first-order valence-corrected chi connectivity index (χ1v) is 3.55. The van der Waals surface area contributed by atoms with Crippen LogP contribution in [0, 0.1) is 0 Å². The molecular weight excluding hydrogens is 120 g/mol. The molecule has 0 amide bonds. The van der Waals surface area contributed by atoms with Gasteiger partial charge in [-0.25, -0.2) is 0 Å². The number of rotatable bonds is 4. The molecule has 0 heterocycles. The number of hydrogen-bond donors (Lipinski definition) is 0. The van der Waals surface area contributed by atoms with Crippen molar-refractivity contribution in [3.05, 3.63) is 0 Å². The van der Waals surface area contributed by atoms with Crippen molar-refractivity contribution in [1.29, 1.82) is 0 Å². The van der Waals surface area contributed by atoms with E-state index in [2.05, 4.69) is 6.92 Å². The molecule has 0 aromatic heterocycles. The van der Waals surface area contributed by atoms with Crippen molar-refractivity contribution in [2.75, 3.05) is 6.61 Å². The normalized spacial score (nSPS) is 13.9. The van der Waals surface area contributed by atoms with Crippen LogP contribution in [0.25, 0.3) is 0 Å². The molecule has 0 aliphatic carbocycles. The molecule has 8 heavy (non-hydrogen) atoms. The molecule has 1 nitrogen and oxygen atoms in total. The predicted molar refractivity (Wildman–Crippen MR) is 37.9 cm³/mol. The fourth-order valence-corrected chi connectivity index (χ4v) is 0.463. The van der Waals surface area contributed by atoms with Gasteiger partial charge < -0.3 is 4.74 Å². The van der Waals surface area contributed by atoms with E-state index in [0.717, 1.165) is 19.4 Å². The molecule has 0 aromatic rings. The predicted octanol–water partition coefficient (Wildman–Crippen LogP) is 2.35. The summed E-state index contributed by atoms with van der Waals surface area (Å²) in [6.45, 7) is 4.92. The van der Waals surface area contributed by atoms with Crippen LogP contribution in [-0.4, -0.2) is 12.0 Å². The van der Waals surface area contributed by atoms with Crippen LogP contribution in [-0.2, 0) is 4.74 Å². The second-order valence-electron chi connectivity index (χ2n) is 1.71. The van der Waals surface area contributed by atoms with Crippen LogP contribution in [0.3, 0.4) is 0 Å². The average Bonchev–Trinajstić information content (AvgIpc) is 1.83. The summed E-state index contributed by atoms with van der Waals surface area (Å²) < 4.78 is 5.16. The molecule has 0 aromatic carbocycles. The van der Waals surface area contributed by atoms with Crippen molar-refractivity contribution in [2.45, 2.75) is 32.1 Å². The lowest BCUT2D eigenvalue weighted by Gasteiger charge is -2.05. The van der Waals surface area contributed by atoms with Gasteiger partial charge in [-0.05, 0) is 12.8 Å². The summed E-state index contributed by atoms with van der Waals surface area (Å²) in [5.41, 5.74) is 0.0370. The zero-order chi connectivity index (χ0) is 6.41. The lowest BCUT2D eigenvalue weighted by molar-refractivity contribution is 0.112. The highest BCUT2D eigenvalue weighted by molar-refractivity contribution is 7.80. The highest BCUT2D eigenvalue weighted by atomic mass is 32.1. The maximum atomic E-state index is 5.16. The molecule has 0 rings (SSSR count). The standard InChI is InChI=1S/C6H13OS/c1-3-5-7-6(8)4-2/h6H,3-5H2,1-2H3. The van der Waals surface area contributed by atoms with Gasteiger partial charge in [0.15, 0.2) is 0 Å². The first kappa shape index (κ1) is 8.31. The van der Waals surface area contributed by atoms with E-state index in [0.29, 0.717) is 0 Å². The van der Waals surface area contributed by atoms with E-state index in [9.17, 15) is 0 Å². The summed E-state index contributed by atoms with van der Waals surface area (Å²) in [5, 5.41) is 0. The van der Waals surface area contributed by atoms with Crippen LogP contribution >= 0.6 is 12.6 Å². The fraction of sp³-hybridized carbons (Fsp3) is 1.00. The van der Waals surface area contributed by atoms with Crippen LogP contribution in [0.4, 0.5) is 0 Å². The van der Waals surface area contributed by atoms with Crippen LogP contribution in [0.1, 0.15) is 26.7 Å². The Morgan fingerprint density at radius 1 is 1.50 bits per heavy atom. The minimum Gasteiger partial charge on any atom is -0.367 e. The first-order chi connectivity index (χ1) is 3.81. The second-order valence-corrected chi connectivity index (χ2v) is 2.23.